The highest BCUT2D eigenvalue weighted by Gasteiger charge is 2.39. The van der Waals surface area contributed by atoms with Gasteiger partial charge in [-0.1, -0.05) is 18.9 Å². The summed E-state index contributed by atoms with van der Waals surface area (Å²) in [6.45, 7) is 3.14. The van der Waals surface area contributed by atoms with Crippen molar-refractivity contribution in [1.29, 1.82) is 0 Å². The van der Waals surface area contributed by atoms with Crippen LogP contribution in [0.1, 0.15) is 26.7 Å². The van der Waals surface area contributed by atoms with Gasteiger partial charge >= 0.3 is 25.6 Å². The summed E-state index contributed by atoms with van der Waals surface area (Å²) in [6.07, 6.45) is 10.2. The Hall–Kier alpha value is -2.68. The number of carbonyl (C=O) groups is 3. The molecule has 0 spiro atoms. The largest absolute Gasteiger partial charge is 0.478 e. The maximum Gasteiger partial charge on any atom is 0.343 e. The van der Waals surface area contributed by atoms with Gasteiger partial charge in [-0.3, -0.25) is 9.36 Å². The maximum absolute atomic E-state index is 13.5. The average Bonchev–Trinajstić information content (AvgIpc) is 3.20. The molecule has 13 heteroatoms. The zero-order valence-corrected chi connectivity index (χ0v) is 20.3. The number of hydrogen-bond donors (Lipinski definition) is 3. The predicted octanol–water partition coefficient (Wildman–Crippen LogP) is 0.966. The van der Waals surface area contributed by atoms with Gasteiger partial charge in [-0.15, -0.1) is 6.42 Å². The number of terminal acetylenes is 1. The standard InChI is InChI=1S/C21H30N3O9P/c1-6-16(21(28)31-5)23-34(29,22-14(3)20(27)30-4)32-12-17-13(2)10-18(33-17)24-9-7-8-15(11-24)19(25)26/h1,7,9,11,13-14,16-18H,8,10,12H2,2-5H3,(H,25,26)(H2,22,23,29)/t13-,14-,16-,17?,18+,34?/m0/s1. The molecule has 12 nitrogen and oxygen atoms in total. The third-order valence-corrected chi connectivity index (χ3v) is 7.15. The number of methoxy groups -OCH3 is 2. The van der Waals surface area contributed by atoms with E-state index in [1.165, 1.54) is 20.2 Å². The smallest absolute Gasteiger partial charge is 0.343 e. The summed E-state index contributed by atoms with van der Waals surface area (Å²) >= 11 is 0. The molecule has 1 fully saturated rings. The van der Waals surface area contributed by atoms with Crippen LogP contribution < -0.4 is 10.2 Å². The van der Waals surface area contributed by atoms with Gasteiger partial charge in [0.1, 0.15) is 12.3 Å². The third kappa shape index (κ3) is 7.16. The molecule has 3 N–H and O–H groups in total. The van der Waals surface area contributed by atoms with Crippen LogP contribution in [0.5, 0.6) is 0 Å². The highest BCUT2D eigenvalue weighted by Crippen LogP contribution is 2.41. The molecule has 34 heavy (non-hydrogen) atoms. The van der Waals surface area contributed by atoms with E-state index in [4.69, 9.17) is 15.7 Å². The lowest BCUT2D eigenvalue weighted by Gasteiger charge is -2.28. The van der Waals surface area contributed by atoms with E-state index in [1.807, 2.05) is 6.92 Å². The van der Waals surface area contributed by atoms with Crippen molar-refractivity contribution >= 4 is 25.6 Å². The van der Waals surface area contributed by atoms with Crippen LogP contribution in [-0.4, -0.2) is 73.2 Å². The van der Waals surface area contributed by atoms with Crippen molar-refractivity contribution in [3.05, 3.63) is 24.0 Å². The Bertz CT molecular complexity index is 929. The number of nitrogens with zero attached hydrogens (tertiary/aromatic N) is 1. The number of carboxylic acids is 1. The van der Waals surface area contributed by atoms with Gasteiger partial charge in [0.15, 0.2) is 6.04 Å². The van der Waals surface area contributed by atoms with E-state index in [-0.39, 0.29) is 18.1 Å². The summed E-state index contributed by atoms with van der Waals surface area (Å²) in [7, 11) is -1.78. The van der Waals surface area contributed by atoms with Gasteiger partial charge in [0.2, 0.25) is 0 Å². The third-order valence-electron chi connectivity index (χ3n) is 5.31. The van der Waals surface area contributed by atoms with E-state index < -0.39 is 50.0 Å². The van der Waals surface area contributed by atoms with Crippen LogP contribution in [0.3, 0.4) is 0 Å². The fourth-order valence-electron chi connectivity index (χ4n) is 3.38. The van der Waals surface area contributed by atoms with E-state index in [0.717, 1.165) is 7.11 Å². The summed E-state index contributed by atoms with van der Waals surface area (Å²) in [5, 5.41) is 14.2. The molecule has 188 valence electrons. The SMILES string of the molecule is C#C[C@H](NP(=O)(N[C@@H](C)C(=O)OC)OCC1O[C@@H](N2C=CCC(C(=O)O)=C2)C[C@@H]1C)C(=O)OC. The van der Waals surface area contributed by atoms with Crippen molar-refractivity contribution in [3.63, 3.8) is 0 Å². The van der Waals surface area contributed by atoms with Gasteiger partial charge in [-0.25, -0.2) is 19.8 Å². The zero-order chi connectivity index (χ0) is 25.5. The first-order valence-electron chi connectivity index (χ1n) is 10.5. The van der Waals surface area contributed by atoms with Crippen molar-refractivity contribution in [2.75, 3.05) is 20.8 Å². The predicted molar refractivity (Wildman–Crippen MR) is 120 cm³/mol. The molecule has 0 radical (unpaired) electrons. The average molecular weight is 499 g/mol. The molecule has 0 aromatic heterocycles. The van der Waals surface area contributed by atoms with E-state index in [1.54, 1.807) is 17.2 Å². The Morgan fingerprint density at radius 1 is 1.32 bits per heavy atom. The van der Waals surface area contributed by atoms with E-state index in [2.05, 4.69) is 25.6 Å². The number of hydrogen-bond acceptors (Lipinski definition) is 9. The quantitative estimate of drug-likeness (QED) is 0.211. The molecule has 2 heterocycles. The van der Waals surface area contributed by atoms with Gasteiger partial charge in [0, 0.05) is 18.8 Å². The molecule has 0 aromatic carbocycles. The number of carbonyl (C=O) groups excluding carboxylic acids is 2. The molecular formula is C21H30N3O9P. The molecule has 2 unspecified atom stereocenters. The molecule has 2 rings (SSSR count). The Balaban J connectivity index is 2.11. The number of nitrogens with one attached hydrogen (secondary N) is 2. The van der Waals surface area contributed by atoms with Crippen LogP contribution in [0.2, 0.25) is 0 Å². The molecule has 0 saturated carbocycles. The van der Waals surface area contributed by atoms with Gasteiger partial charge in [0.05, 0.1) is 32.5 Å². The van der Waals surface area contributed by atoms with Gasteiger partial charge < -0.3 is 28.7 Å². The van der Waals surface area contributed by atoms with Crippen LogP contribution in [0.25, 0.3) is 0 Å². The molecule has 6 atom stereocenters. The molecule has 0 bridgehead atoms. The first-order valence-corrected chi connectivity index (χ1v) is 12.1. The van der Waals surface area contributed by atoms with Crippen LogP contribution in [0.4, 0.5) is 0 Å². The summed E-state index contributed by atoms with van der Waals surface area (Å²) in [6, 6.07) is -2.45. The number of allylic oxidation sites excluding steroid dienone is 1. The van der Waals surface area contributed by atoms with Crippen LogP contribution in [0, 0.1) is 18.3 Å². The molecule has 0 aromatic rings. The van der Waals surface area contributed by atoms with E-state index in [9.17, 15) is 24.1 Å². The number of ether oxygens (including phenoxy) is 3. The minimum Gasteiger partial charge on any atom is -0.478 e. The van der Waals surface area contributed by atoms with Crippen molar-refractivity contribution in [3.8, 4) is 12.3 Å². The number of aliphatic carboxylic acids is 1. The lowest BCUT2D eigenvalue weighted by Crippen LogP contribution is -2.43. The lowest BCUT2D eigenvalue weighted by molar-refractivity contribution is -0.142. The number of carboxylic acid groups (broad SMARTS) is 1. The Morgan fingerprint density at radius 2 is 2.00 bits per heavy atom. The second kappa shape index (κ2) is 12.1. The lowest BCUT2D eigenvalue weighted by atomic mass is 10.0. The van der Waals surface area contributed by atoms with Crippen molar-refractivity contribution in [1.82, 2.24) is 15.1 Å². The normalized spacial score (nSPS) is 25.4. The summed E-state index contributed by atoms with van der Waals surface area (Å²) < 4.78 is 34.4. The maximum atomic E-state index is 13.5. The Kier molecular flexibility index (Phi) is 9.85. The molecule has 0 amide bonds. The summed E-state index contributed by atoms with van der Waals surface area (Å²) in [5.41, 5.74) is 0.233. The fourth-order valence-corrected chi connectivity index (χ4v) is 5.09. The number of esters is 2. The highest BCUT2D eigenvalue weighted by molar-refractivity contribution is 7.54. The molecular weight excluding hydrogens is 469 g/mol. The second-order valence-corrected chi connectivity index (χ2v) is 9.69. The molecule has 2 aliphatic rings. The van der Waals surface area contributed by atoms with Crippen molar-refractivity contribution in [2.24, 2.45) is 5.92 Å². The minimum absolute atomic E-state index is 0.0440. The monoisotopic (exact) mass is 499 g/mol. The molecule has 1 saturated heterocycles. The molecule has 0 aliphatic carbocycles. The topological polar surface area (TPSA) is 153 Å². The van der Waals surface area contributed by atoms with E-state index >= 15 is 0 Å². The van der Waals surface area contributed by atoms with Crippen molar-refractivity contribution in [2.45, 2.75) is 51.1 Å². The Labute approximate surface area is 198 Å². The van der Waals surface area contributed by atoms with Crippen LogP contribution in [-0.2, 0) is 37.7 Å². The van der Waals surface area contributed by atoms with Gasteiger partial charge in [-0.2, -0.15) is 0 Å². The second-order valence-electron chi connectivity index (χ2n) is 7.81. The Morgan fingerprint density at radius 3 is 2.59 bits per heavy atom. The van der Waals surface area contributed by atoms with Crippen LogP contribution in [0.15, 0.2) is 24.0 Å². The minimum atomic E-state index is -4.08. The highest BCUT2D eigenvalue weighted by atomic mass is 31.2. The van der Waals surface area contributed by atoms with Gasteiger partial charge in [0.25, 0.3) is 0 Å². The zero-order valence-electron chi connectivity index (χ0n) is 19.4. The van der Waals surface area contributed by atoms with Crippen molar-refractivity contribution < 1.29 is 42.8 Å². The number of rotatable bonds is 11. The first-order chi connectivity index (χ1) is 16.0. The van der Waals surface area contributed by atoms with Crippen LogP contribution >= 0.6 is 7.67 Å². The summed E-state index contributed by atoms with van der Waals surface area (Å²) in [4.78, 5) is 36.7. The molecule has 2 aliphatic heterocycles. The first kappa shape index (κ1) is 27.6. The van der Waals surface area contributed by atoms with E-state index in [0.29, 0.717) is 12.8 Å². The van der Waals surface area contributed by atoms with Gasteiger partial charge in [-0.05, 0) is 19.3 Å². The fraction of sp³-hybridized carbons (Fsp3) is 0.571. The summed E-state index contributed by atoms with van der Waals surface area (Å²) in [5.74, 6) is -0.484.